The fourth-order valence-electron chi connectivity index (χ4n) is 3.58. The Kier molecular flexibility index (Phi) is 4.68. The number of anilines is 2. The van der Waals surface area contributed by atoms with Crippen molar-refractivity contribution in [3.8, 4) is 0 Å². The zero-order valence-electron chi connectivity index (χ0n) is 14.8. The van der Waals surface area contributed by atoms with Crippen LogP contribution in [0.15, 0.2) is 58.5 Å². The fourth-order valence-corrected chi connectivity index (χ4v) is 3.58. The van der Waals surface area contributed by atoms with E-state index in [1.54, 1.807) is 12.5 Å². The van der Waals surface area contributed by atoms with E-state index in [1.807, 2.05) is 30.3 Å². The molecule has 5 nitrogen and oxygen atoms in total. The number of fused-ring (bicyclic) bond motifs is 1. The van der Waals surface area contributed by atoms with E-state index in [9.17, 15) is 4.79 Å². The highest BCUT2D eigenvalue weighted by molar-refractivity contribution is 6.01. The van der Waals surface area contributed by atoms with Crippen molar-refractivity contribution in [3.05, 3.63) is 59.7 Å². The van der Waals surface area contributed by atoms with Crippen LogP contribution >= 0.6 is 0 Å². The highest BCUT2D eigenvalue weighted by atomic mass is 16.3. The Labute approximate surface area is 147 Å². The standard InChI is InChI=1S/C19H20N2O2.CH4O/c1-19(2)9-15-17(16(22)10-19)18(12-7-8-23-11-12)21-14-6-4-3-5-13(14)20-15;1-2/h3-8,11,18,20-21H,9-10H2,1-2H3;2H,1H3. The maximum Gasteiger partial charge on any atom is 0.163 e. The van der Waals surface area contributed by atoms with E-state index in [0.29, 0.717) is 6.42 Å². The van der Waals surface area contributed by atoms with Crippen molar-refractivity contribution < 1.29 is 14.3 Å². The van der Waals surface area contributed by atoms with Crippen LogP contribution in [0.5, 0.6) is 0 Å². The molecule has 4 rings (SSSR count). The van der Waals surface area contributed by atoms with Crippen LogP contribution in [-0.4, -0.2) is 18.0 Å². The lowest BCUT2D eigenvalue weighted by Gasteiger charge is -2.33. The first-order valence-corrected chi connectivity index (χ1v) is 8.39. The average Bonchev–Trinajstić information content (AvgIpc) is 3.04. The van der Waals surface area contributed by atoms with Crippen LogP contribution in [0.2, 0.25) is 0 Å². The second-order valence-corrected chi connectivity index (χ2v) is 7.14. The van der Waals surface area contributed by atoms with Crippen molar-refractivity contribution >= 4 is 17.2 Å². The molecule has 0 radical (unpaired) electrons. The van der Waals surface area contributed by atoms with Crippen molar-refractivity contribution in [2.24, 2.45) is 5.41 Å². The van der Waals surface area contributed by atoms with Gasteiger partial charge in [-0.3, -0.25) is 4.79 Å². The van der Waals surface area contributed by atoms with Crippen LogP contribution in [0, 0.1) is 5.41 Å². The van der Waals surface area contributed by atoms with Gasteiger partial charge in [-0.05, 0) is 30.0 Å². The minimum absolute atomic E-state index is 0.0247. The Morgan fingerprint density at radius 1 is 1.12 bits per heavy atom. The molecule has 3 N–H and O–H groups in total. The molecule has 2 aromatic rings. The summed E-state index contributed by atoms with van der Waals surface area (Å²) in [6.45, 7) is 4.29. The number of para-hydroxylation sites is 2. The van der Waals surface area contributed by atoms with Gasteiger partial charge in [0.25, 0.3) is 0 Å². The van der Waals surface area contributed by atoms with E-state index in [-0.39, 0.29) is 17.2 Å². The maximum atomic E-state index is 12.9. The van der Waals surface area contributed by atoms with E-state index in [4.69, 9.17) is 9.52 Å². The Morgan fingerprint density at radius 3 is 2.52 bits per heavy atom. The average molecular weight is 340 g/mol. The normalized spacial score (nSPS) is 21.0. The number of allylic oxidation sites excluding steroid dienone is 1. The highest BCUT2D eigenvalue weighted by Gasteiger charge is 2.38. The summed E-state index contributed by atoms with van der Waals surface area (Å²) < 4.78 is 5.26. The topological polar surface area (TPSA) is 74.5 Å². The van der Waals surface area contributed by atoms with Crippen LogP contribution in [-0.2, 0) is 4.79 Å². The lowest BCUT2D eigenvalue weighted by atomic mass is 9.73. The zero-order chi connectivity index (χ0) is 18.0. The van der Waals surface area contributed by atoms with Gasteiger partial charge in [-0.15, -0.1) is 0 Å². The summed E-state index contributed by atoms with van der Waals surface area (Å²) in [5.74, 6) is 0.204. The quantitative estimate of drug-likeness (QED) is 0.728. The number of ketones is 1. The van der Waals surface area contributed by atoms with Crippen molar-refractivity contribution in [1.82, 2.24) is 0 Å². The number of aliphatic hydroxyl groups excluding tert-OH is 1. The van der Waals surface area contributed by atoms with Crippen molar-refractivity contribution in [2.45, 2.75) is 32.7 Å². The van der Waals surface area contributed by atoms with E-state index >= 15 is 0 Å². The van der Waals surface area contributed by atoms with Gasteiger partial charge in [0.2, 0.25) is 0 Å². The number of aliphatic hydroxyl groups is 1. The van der Waals surface area contributed by atoms with Crippen LogP contribution in [0.25, 0.3) is 0 Å². The molecular formula is C20H24N2O3. The fraction of sp³-hybridized carbons (Fsp3) is 0.350. The van der Waals surface area contributed by atoms with Gasteiger partial charge in [0.15, 0.2) is 5.78 Å². The molecule has 1 aliphatic heterocycles. The Morgan fingerprint density at radius 2 is 1.84 bits per heavy atom. The summed E-state index contributed by atoms with van der Waals surface area (Å²) in [5.41, 5.74) is 4.82. The second-order valence-electron chi connectivity index (χ2n) is 7.14. The van der Waals surface area contributed by atoms with Gasteiger partial charge in [-0.1, -0.05) is 26.0 Å². The van der Waals surface area contributed by atoms with Gasteiger partial charge < -0.3 is 20.2 Å². The number of hydrogen-bond acceptors (Lipinski definition) is 5. The Bertz CT molecular complexity index is 791. The Hall–Kier alpha value is -2.53. The number of Topliss-reactive ketones (excluding diaryl/α,β-unsaturated/α-hetero) is 1. The summed E-state index contributed by atoms with van der Waals surface area (Å²) in [6.07, 6.45) is 4.79. The van der Waals surface area contributed by atoms with Crippen molar-refractivity contribution in [1.29, 1.82) is 0 Å². The molecule has 0 amide bonds. The third-order valence-corrected chi connectivity index (χ3v) is 4.60. The first-order valence-electron chi connectivity index (χ1n) is 8.39. The van der Waals surface area contributed by atoms with Gasteiger partial charge in [0, 0.05) is 30.4 Å². The predicted molar refractivity (Wildman–Crippen MR) is 98.3 cm³/mol. The summed E-state index contributed by atoms with van der Waals surface area (Å²) >= 11 is 0. The summed E-state index contributed by atoms with van der Waals surface area (Å²) in [7, 11) is 1.00. The van der Waals surface area contributed by atoms with Crippen LogP contribution in [0.3, 0.4) is 0 Å². The number of benzene rings is 1. The van der Waals surface area contributed by atoms with E-state index in [1.165, 1.54) is 0 Å². The minimum atomic E-state index is -0.177. The molecule has 1 aromatic heterocycles. The zero-order valence-corrected chi connectivity index (χ0v) is 14.8. The van der Waals surface area contributed by atoms with Gasteiger partial charge in [-0.2, -0.15) is 0 Å². The second kappa shape index (κ2) is 6.76. The summed E-state index contributed by atoms with van der Waals surface area (Å²) in [4.78, 5) is 12.9. The van der Waals surface area contributed by atoms with Gasteiger partial charge in [0.1, 0.15) is 0 Å². The third-order valence-electron chi connectivity index (χ3n) is 4.60. The predicted octanol–water partition coefficient (Wildman–Crippen LogP) is 4.11. The monoisotopic (exact) mass is 340 g/mol. The Balaban J connectivity index is 0.000000880. The van der Waals surface area contributed by atoms with Crippen LogP contribution < -0.4 is 10.6 Å². The van der Waals surface area contributed by atoms with Crippen LogP contribution in [0.4, 0.5) is 11.4 Å². The number of hydrogen-bond donors (Lipinski definition) is 3. The van der Waals surface area contributed by atoms with Crippen LogP contribution in [0.1, 0.15) is 38.3 Å². The molecule has 0 saturated carbocycles. The van der Waals surface area contributed by atoms with E-state index < -0.39 is 0 Å². The number of rotatable bonds is 1. The van der Waals surface area contributed by atoms with Crippen molar-refractivity contribution in [3.63, 3.8) is 0 Å². The lowest BCUT2D eigenvalue weighted by Crippen LogP contribution is -2.31. The van der Waals surface area contributed by atoms with E-state index in [0.717, 1.165) is 41.7 Å². The number of nitrogens with one attached hydrogen (secondary N) is 2. The highest BCUT2D eigenvalue weighted by Crippen LogP contribution is 2.45. The first-order chi connectivity index (χ1) is 12.0. The molecule has 2 aliphatic rings. The first kappa shape index (κ1) is 17.3. The molecular weight excluding hydrogens is 316 g/mol. The van der Waals surface area contributed by atoms with E-state index in [2.05, 4.69) is 24.5 Å². The molecule has 1 atom stereocenters. The third kappa shape index (κ3) is 3.33. The maximum absolute atomic E-state index is 12.9. The largest absolute Gasteiger partial charge is 0.472 e. The number of carbonyl (C=O) groups excluding carboxylic acids is 1. The SMILES string of the molecule is CC1(C)CC(=O)C2=C(C1)Nc1ccccc1NC2c1ccoc1.CO. The van der Waals surface area contributed by atoms with Gasteiger partial charge in [0.05, 0.1) is 29.9 Å². The lowest BCUT2D eigenvalue weighted by molar-refractivity contribution is -0.118. The number of furan rings is 1. The van der Waals surface area contributed by atoms with Gasteiger partial charge >= 0.3 is 0 Å². The molecule has 0 bridgehead atoms. The molecule has 1 unspecified atom stereocenters. The molecule has 25 heavy (non-hydrogen) atoms. The molecule has 1 aliphatic carbocycles. The molecule has 0 fully saturated rings. The van der Waals surface area contributed by atoms with Gasteiger partial charge in [-0.25, -0.2) is 0 Å². The summed E-state index contributed by atoms with van der Waals surface area (Å²) in [6, 6.07) is 9.81. The smallest absolute Gasteiger partial charge is 0.163 e. The molecule has 0 saturated heterocycles. The molecule has 0 spiro atoms. The summed E-state index contributed by atoms with van der Waals surface area (Å²) in [5, 5.41) is 14.0. The molecule has 5 heteroatoms. The molecule has 2 heterocycles. The molecule has 1 aromatic carbocycles. The van der Waals surface area contributed by atoms with Crippen molar-refractivity contribution in [2.75, 3.05) is 17.7 Å². The minimum Gasteiger partial charge on any atom is -0.472 e. The number of carbonyl (C=O) groups is 1. The molecule has 132 valence electrons.